The van der Waals surface area contributed by atoms with Gasteiger partial charge in [0.05, 0.1) is 23.9 Å². The maximum atomic E-state index is 9.74. The number of thiophene rings is 1. The zero-order valence-electron chi connectivity index (χ0n) is 11.0. The number of aliphatic hydroxyl groups excluding tert-OH is 1. The van der Waals surface area contributed by atoms with Crippen LogP contribution in [0.4, 0.5) is 0 Å². The zero-order valence-corrected chi connectivity index (χ0v) is 12.5. The van der Waals surface area contributed by atoms with Gasteiger partial charge < -0.3 is 5.11 Å². The van der Waals surface area contributed by atoms with Crippen molar-refractivity contribution in [3.05, 3.63) is 46.1 Å². The molecular formula is C14H14ClN3OS. The van der Waals surface area contributed by atoms with Crippen LogP contribution in [0.2, 0.25) is 5.02 Å². The molecule has 0 spiro atoms. The maximum Gasteiger partial charge on any atom is 0.111 e. The lowest BCUT2D eigenvalue weighted by Gasteiger charge is -2.01. The fraction of sp³-hybridized carbons (Fsp3) is 0.286. The number of fused-ring (bicyclic) bond motifs is 1. The van der Waals surface area contributed by atoms with Gasteiger partial charge in [-0.3, -0.25) is 0 Å². The summed E-state index contributed by atoms with van der Waals surface area (Å²) in [6.07, 6.45) is 1.85. The highest BCUT2D eigenvalue weighted by atomic mass is 35.5. The Hall–Kier alpha value is -1.43. The standard InChI is InChI=1S/C14H14ClN3OS/c1-2-11(19)10-7-18(17-16-10)8-13-14(15)9-5-3-4-6-12(9)20-13/h3-7,11,19H,2,8H2,1H3. The Morgan fingerprint density at radius 1 is 1.40 bits per heavy atom. The highest BCUT2D eigenvalue weighted by molar-refractivity contribution is 7.19. The summed E-state index contributed by atoms with van der Waals surface area (Å²) in [5, 5.41) is 19.6. The summed E-state index contributed by atoms with van der Waals surface area (Å²) in [5.41, 5.74) is 0.602. The first-order valence-corrected chi connectivity index (χ1v) is 7.62. The minimum Gasteiger partial charge on any atom is -0.387 e. The number of benzene rings is 1. The molecule has 0 aliphatic heterocycles. The van der Waals surface area contributed by atoms with Gasteiger partial charge in [0.2, 0.25) is 0 Å². The van der Waals surface area contributed by atoms with Crippen molar-refractivity contribution in [1.82, 2.24) is 15.0 Å². The van der Waals surface area contributed by atoms with Gasteiger partial charge in [0, 0.05) is 15.0 Å². The molecule has 1 aromatic carbocycles. The summed E-state index contributed by atoms with van der Waals surface area (Å²) in [6, 6.07) is 8.06. The molecule has 0 aliphatic rings. The first-order chi connectivity index (χ1) is 9.69. The van der Waals surface area contributed by atoms with Crippen molar-refractivity contribution in [3.63, 3.8) is 0 Å². The number of halogens is 1. The number of rotatable bonds is 4. The number of hydrogen-bond donors (Lipinski definition) is 1. The summed E-state index contributed by atoms with van der Waals surface area (Å²) in [5.74, 6) is 0. The number of aromatic nitrogens is 3. The third-order valence-corrected chi connectivity index (χ3v) is 4.89. The second-order valence-corrected chi connectivity index (χ2v) is 6.12. The van der Waals surface area contributed by atoms with Crippen LogP contribution in [0, 0.1) is 0 Å². The third-order valence-electron chi connectivity index (χ3n) is 3.19. The van der Waals surface area contributed by atoms with Crippen LogP contribution >= 0.6 is 22.9 Å². The second-order valence-electron chi connectivity index (χ2n) is 4.60. The Kier molecular flexibility index (Phi) is 3.74. The van der Waals surface area contributed by atoms with Crippen LogP contribution in [0.5, 0.6) is 0 Å². The monoisotopic (exact) mass is 307 g/mol. The van der Waals surface area contributed by atoms with Gasteiger partial charge >= 0.3 is 0 Å². The van der Waals surface area contributed by atoms with E-state index in [0.29, 0.717) is 18.7 Å². The summed E-state index contributed by atoms with van der Waals surface area (Å²) in [7, 11) is 0. The average Bonchev–Trinajstić information content (AvgIpc) is 3.05. The average molecular weight is 308 g/mol. The first-order valence-electron chi connectivity index (χ1n) is 6.43. The Bertz CT molecular complexity index is 737. The van der Waals surface area contributed by atoms with Crippen LogP contribution in [0.25, 0.3) is 10.1 Å². The summed E-state index contributed by atoms with van der Waals surface area (Å²) in [4.78, 5) is 1.05. The molecule has 2 heterocycles. The Balaban J connectivity index is 1.89. The molecule has 2 aromatic heterocycles. The molecule has 0 saturated heterocycles. The van der Waals surface area contributed by atoms with Crippen LogP contribution < -0.4 is 0 Å². The predicted molar refractivity (Wildman–Crippen MR) is 81.2 cm³/mol. The summed E-state index contributed by atoms with van der Waals surface area (Å²) < 4.78 is 2.88. The minimum atomic E-state index is -0.554. The lowest BCUT2D eigenvalue weighted by Crippen LogP contribution is -1.99. The Labute approximate surface area is 125 Å². The van der Waals surface area contributed by atoms with Gasteiger partial charge in [0.15, 0.2) is 0 Å². The fourth-order valence-electron chi connectivity index (χ4n) is 2.07. The molecule has 1 N–H and O–H groups in total. The van der Waals surface area contributed by atoms with Crippen molar-refractivity contribution < 1.29 is 5.11 Å². The molecule has 0 bridgehead atoms. The molecule has 0 amide bonds. The molecule has 3 rings (SSSR count). The van der Waals surface area contributed by atoms with E-state index in [2.05, 4.69) is 16.4 Å². The summed E-state index contributed by atoms with van der Waals surface area (Å²) in [6.45, 7) is 2.48. The third kappa shape index (κ3) is 2.44. The molecule has 104 valence electrons. The van der Waals surface area contributed by atoms with Crippen molar-refractivity contribution in [2.45, 2.75) is 26.0 Å². The van der Waals surface area contributed by atoms with Crippen LogP contribution in [-0.2, 0) is 6.54 Å². The van der Waals surface area contributed by atoms with Crippen molar-refractivity contribution in [2.75, 3.05) is 0 Å². The van der Waals surface area contributed by atoms with Gasteiger partial charge in [-0.25, -0.2) is 4.68 Å². The smallest absolute Gasteiger partial charge is 0.111 e. The minimum absolute atomic E-state index is 0.554. The van der Waals surface area contributed by atoms with E-state index in [-0.39, 0.29) is 0 Å². The molecule has 0 saturated carbocycles. The van der Waals surface area contributed by atoms with Crippen LogP contribution in [-0.4, -0.2) is 20.1 Å². The van der Waals surface area contributed by atoms with E-state index >= 15 is 0 Å². The second kappa shape index (κ2) is 5.52. The number of hydrogen-bond acceptors (Lipinski definition) is 4. The summed E-state index contributed by atoms with van der Waals surface area (Å²) >= 11 is 8.06. The normalized spacial score (nSPS) is 12.9. The van der Waals surface area contributed by atoms with E-state index in [1.807, 2.05) is 25.1 Å². The van der Waals surface area contributed by atoms with Gasteiger partial charge in [-0.1, -0.05) is 41.9 Å². The predicted octanol–water partition coefficient (Wildman–Crippen LogP) is 3.64. The molecule has 3 aromatic rings. The van der Waals surface area contributed by atoms with Gasteiger partial charge in [-0.05, 0) is 12.5 Å². The lowest BCUT2D eigenvalue weighted by molar-refractivity contribution is 0.168. The molecule has 4 nitrogen and oxygen atoms in total. The fourth-order valence-corrected chi connectivity index (χ4v) is 3.55. The van der Waals surface area contributed by atoms with Gasteiger partial charge in [0.25, 0.3) is 0 Å². The van der Waals surface area contributed by atoms with E-state index in [9.17, 15) is 5.11 Å². The SMILES string of the molecule is CCC(O)c1cn(Cc2sc3ccccc3c2Cl)nn1. The molecule has 0 fully saturated rings. The highest BCUT2D eigenvalue weighted by Gasteiger charge is 2.13. The first kappa shape index (κ1) is 13.5. The molecule has 0 radical (unpaired) electrons. The van der Waals surface area contributed by atoms with Crippen LogP contribution in [0.3, 0.4) is 0 Å². The number of aliphatic hydroxyl groups is 1. The quantitative estimate of drug-likeness (QED) is 0.800. The Morgan fingerprint density at radius 3 is 2.95 bits per heavy atom. The van der Waals surface area contributed by atoms with E-state index in [0.717, 1.165) is 15.3 Å². The zero-order chi connectivity index (χ0) is 14.1. The van der Waals surface area contributed by atoms with E-state index < -0.39 is 6.10 Å². The van der Waals surface area contributed by atoms with Crippen molar-refractivity contribution >= 4 is 33.0 Å². The molecule has 20 heavy (non-hydrogen) atoms. The van der Waals surface area contributed by atoms with E-state index in [1.54, 1.807) is 22.2 Å². The molecular weight excluding hydrogens is 294 g/mol. The molecule has 0 aliphatic carbocycles. The molecule has 1 unspecified atom stereocenters. The Morgan fingerprint density at radius 2 is 2.20 bits per heavy atom. The largest absolute Gasteiger partial charge is 0.387 e. The van der Waals surface area contributed by atoms with Crippen molar-refractivity contribution in [2.24, 2.45) is 0 Å². The van der Waals surface area contributed by atoms with Crippen molar-refractivity contribution in [3.8, 4) is 0 Å². The van der Waals surface area contributed by atoms with Gasteiger partial charge in [0.1, 0.15) is 5.69 Å². The van der Waals surface area contributed by atoms with Crippen molar-refractivity contribution in [1.29, 1.82) is 0 Å². The van der Waals surface area contributed by atoms with E-state index in [1.165, 1.54) is 4.70 Å². The molecule has 1 atom stereocenters. The van der Waals surface area contributed by atoms with Gasteiger partial charge in [-0.15, -0.1) is 16.4 Å². The molecule has 6 heteroatoms. The van der Waals surface area contributed by atoms with Crippen LogP contribution in [0.15, 0.2) is 30.5 Å². The topological polar surface area (TPSA) is 50.9 Å². The lowest BCUT2D eigenvalue weighted by atomic mass is 10.2. The van der Waals surface area contributed by atoms with Crippen LogP contribution in [0.1, 0.15) is 30.0 Å². The highest BCUT2D eigenvalue weighted by Crippen LogP contribution is 2.35. The van der Waals surface area contributed by atoms with E-state index in [4.69, 9.17) is 11.6 Å². The number of nitrogens with zero attached hydrogens (tertiary/aromatic N) is 3. The maximum absolute atomic E-state index is 9.74. The van der Waals surface area contributed by atoms with Gasteiger partial charge in [-0.2, -0.15) is 0 Å².